The summed E-state index contributed by atoms with van der Waals surface area (Å²) in [7, 11) is 0. The Morgan fingerprint density at radius 2 is 1.94 bits per heavy atom. The highest BCUT2D eigenvalue weighted by Gasteiger charge is 2.16. The van der Waals surface area contributed by atoms with Gasteiger partial charge in [0.05, 0.1) is 6.61 Å². The smallest absolute Gasteiger partial charge is 0.226 e. The largest absolute Gasteiger partial charge is 0.312 e. The fourth-order valence-electron chi connectivity index (χ4n) is 1.93. The van der Waals surface area contributed by atoms with Gasteiger partial charge in [-0.2, -0.15) is 0 Å². The van der Waals surface area contributed by atoms with Crippen molar-refractivity contribution in [1.29, 1.82) is 0 Å². The van der Waals surface area contributed by atoms with Gasteiger partial charge < -0.3 is 4.90 Å². The number of rotatable bonds is 7. The van der Waals surface area contributed by atoms with Gasteiger partial charge in [-0.1, -0.05) is 31.5 Å². The summed E-state index contributed by atoms with van der Waals surface area (Å²) in [5.41, 5.74) is 2.01. The van der Waals surface area contributed by atoms with Crippen LogP contribution in [0.3, 0.4) is 0 Å². The lowest BCUT2D eigenvalue weighted by Crippen LogP contribution is -2.32. The Kier molecular flexibility index (Phi) is 6.44. The first-order valence-corrected chi connectivity index (χ1v) is 6.64. The molecule has 99 valence electrons. The zero-order valence-corrected chi connectivity index (χ0v) is 11.3. The van der Waals surface area contributed by atoms with Crippen molar-refractivity contribution < 1.29 is 9.90 Å². The summed E-state index contributed by atoms with van der Waals surface area (Å²) >= 11 is 0. The van der Waals surface area contributed by atoms with Crippen molar-refractivity contribution in [2.45, 2.75) is 39.5 Å². The molecule has 1 radical (unpaired) electrons. The molecule has 0 bridgehead atoms. The average Bonchev–Trinajstić information content (AvgIpc) is 2.38. The van der Waals surface area contributed by atoms with Gasteiger partial charge in [0.15, 0.2) is 0 Å². The average molecular weight is 248 g/mol. The minimum atomic E-state index is -0.135. The molecular formula is C15H22NO2. The number of amides is 1. The first-order chi connectivity index (χ1) is 8.70. The summed E-state index contributed by atoms with van der Waals surface area (Å²) in [5.74, 6) is 0.125. The number of unbranched alkanes of at least 4 members (excludes halogenated alkanes) is 1. The monoisotopic (exact) mass is 248 g/mol. The Balaban J connectivity index is 2.83. The van der Waals surface area contributed by atoms with E-state index in [9.17, 15) is 9.90 Å². The first-order valence-electron chi connectivity index (χ1n) is 6.64. The quantitative estimate of drug-likeness (QED) is 0.729. The van der Waals surface area contributed by atoms with E-state index in [1.54, 1.807) is 4.90 Å². The van der Waals surface area contributed by atoms with E-state index in [1.807, 2.05) is 31.2 Å². The maximum Gasteiger partial charge on any atom is 0.226 e. The highest BCUT2D eigenvalue weighted by molar-refractivity contribution is 5.94. The van der Waals surface area contributed by atoms with Crippen LogP contribution in [-0.2, 0) is 9.90 Å². The van der Waals surface area contributed by atoms with E-state index in [4.69, 9.17) is 0 Å². The van der Waals surface area contributed by atoms with Crippen molar-refractivity contribution in [2.24, 2.45) is 0 Å². The molecular weight excluding hydrogens is 226 g/mol. The molecule has 0 aliphatic carbocycles. The zero-order chi connectivity index (χ0) is 13.4. The maximum atomic E-state index is 12.2. The maximum absolute atomic E-state index is 12.2. The van der Waals surface area contributed by atoms with Gasteiger partial charge in [-0.05, 0) is 31.4 Å². The number of aryl methyl sites for hydroxylation is 1. The highest BCUT2D eigenvalue weighted by Crippen LogP contribution is 2.21. The van der Waals surface area contributed by atoms with E-state index < -0.39 is 0 Å². The van der Waals surface area contributed by atoms with E-state index in [0.29, 0.717) is 19.4 Å². The van der Waals surface area contributed by atoms with Gasteiger partial charge in [0.1, 0.15) is 0 Å². The Bertz CT molecular complexity index is 377. The number of para-hydroxylation sites is 1. The molecule has 0 unspecified atom stereocenters. The Labute approximate surface area is 109 Å². The van der Waals surface area contributed by atoms with Gasteiger partial charge in [0, 0.05) is 18.7 Å². The number of hydrogen-bond donors (Lipinski definition) is 0. The number of carbonyl (C=O) groups is 1. The lowest BCUT2D eigenvalue weighted by molar-refractivity contribution is -0.118. The van der Waals surface area contributed by atoms with E-state index in [-0.39, 0.29) is 12.5 Å². The molecule has 3 nitrogen and oxygen atoms in total. The molecule has 0 N–H and O–H groups in total. The van der Waals surface area contributed by atoms with Crippen LogP contribution in [0.2, 0.25) is 0 Å². The molecule has 3 heteroatoms. The van der Waals surface area contributed by atoms with Crippen molar-refractivity contribution in [2.75, 3.05) is 18.1 Å². The molecule has 0 saturated carbocycles. The Morgan fingerprint density at radius 1 is 1.22 bits per heavy atom. The third-order valence-electron chi connectivity index (χ3n) is 2.98. The minimum Gasteiger partial charge on any atom is -0.312 e. The molecule has 0 aliphatic rings. The van der Waals surface area contributed by atoms with Gasteiger partial charge in [-0.15, -0.1) is 0 Å². The molecule has 0 aliphatic heterocycles. The zero-order valence-electron chi connectivity index (χ0n) is 11.3. The second-order valence-electron chi connectivity index (χ2n) is 4.49. The van der Waals surface area contributed by atoms with Crippen LogP contribution >= 0.6 is 0 Å². The van der Waals surface area contributed by atoms with Gasteiger partial charge >= 0.3 is 0 Å². The molecule has 1 amide bonds. The fourth-order valence-corrected chi connectivity index (χ4v) is 1.93. The molecule has 0 heterocycles. The van der Waals surface area contributed by atoms with Crippen molar-refractivity contribution in [3.63, 3.8) is 0 Å². The van der Waals surface area contributed by atoms with Crippen LogP contribution in [0.5, 0.6) is 0 Å². The van der Waals surface area contributed by atoms with Gasteiger partial charge in [0.2, 0.25) is 5.91 Å². The summed E-state index contributed by atoms with van der Waals surface area (Å²) < 4.78 is 0. The summed E-state index contributed by atoms with van der Waals surface area (Å²) in [6, 6.07) is 7.83. The SMILES string of the molecule is CCCCC(=O)N(CCC[O])c1ccccc1C. The third kappa shape index (κ3) is 4.15. The minimum absolute atomic E-state index is 0.125. The van der Waals surface area contributed by atoms with Crippen LogP contribution in [0.1, 0.15) is 38.2 Å². The fraction of sp³-hybridized carbons (Fsp3) is 0.533. The van der Waals surface area contributed by atoms with E-state index in [2.05, 4.69) is 6.92 Å². The van der Waals surface area contributed by atoms with Crippen molar-refractivity contribution >= 4 is 11.6 Å². The number of hydrogen-bond acceptors (Lipinski definition) is 1. The second kappa shape index (κ2) is 7.88. The molecule has 0 aromatic heterocycles. The molecule has 0 spiro atoms. The summed E-state index contributed by atoms with van der Waals surface area (Å²) in [5, 5.41) is 10.6. The number of nitrogens with zero attached hydrogens (tertiary/aromatic N) is 1. The van der Waals surface area contributed by atoms with Crippen LogP contribution in [-0.4, -0.2) is 19.1 Å². The predicted octanol–water partition coefficient (Wildman–Crippen LogP) is 3.34. The van der Waals surface area contributed by atoms with Crippen LogP contribution in [0, 0.1) is 6.92 Å². The van der Waals surface area contributed by atoms with Crippen LogP contribution < -0.4 is 4.90 Å². The van der Waals surface area contributed by atoms with Gasteiger partial charge in [-0.25, -0.2) is 5.11 Å². The lowest BCUT2D eigenvalue weighted by Gasteiger charge is -2.24. The topological polar surface area (TPSA) is 40.2 Å². The van der Waals surface area contributed by atoms with Gasteiger partial charge in [-0.3, -0.25) is 4.79 Å². The summed E-state index contributed by atoms with van der Waals surface area (Å²) in [6.07, 6.45) is 2.98. The van der Waals surface area contributed by atoms with E-state index in [1.165, 1.54) is 0 Å². The molecule has 0 fully saturated rings. The first kappa shape index (κ1) is 14.7. The molecule has 1 aromatic rings. The Hall–Kier alpha value is -1.35. The van der Waals surface area contributed by atoms with Crippen LogP contribution in [0.15, 0.2) is 24.3 Å². The Morgan fingerprint density at radius 3 is 2.56 bits per heavy atom. The molecule has 0 saturated heterocycles. The molecule has 1 aromatic carbocycles. The van der Waals surface area contributed by atoms with Crippen molar-refractivity contribution in [1.82, 2.24) is 0 Å². The normalized spacial score (nSPS) is 10.4. The third-order valence-corrected chi connectivity index (χ3v) is 2.98. The lowest BCUT2D eigenvalue weighted by atomic mass is 10.1. The predicted molar refractivity (Wildman–Crippen MR) is 73.2 cm³/mol. The second-order valence-corrected chi connectivity index (χ2v) is 4.49. The number of benzene rings is 1. The van der Waals surface area contributed by atoms with E-state index in [0.717, 1.165) is 24.1 Å². The van der Waals surface area contributed by atoms with Crippen molar-refractivity contribution in [3.05, 3.63) is 29.8 Å². The van der Waals surface area contributed by atoms with Crippen LogP contribution in [0.4, 0.5) is 5.69 Å². The number of carbonyl (C=O) groups excluding carboxylic acids is 1. The molecule has 1 rings (SSSR count). The van der Waals surface area contributed by atoms with Crippen molar-refractivity contribution in [3.8, 4) is 0 Å². The number of anilines is 1. The highest BCUT2D eigenvalue weighted by atomic mass is 16.3. The standard InChI is InChI=1S/C15H22NO2/c1-3-4-10-15(18)16(11-7-12-17)14-9-6-5-8-13(14)2/h5-6,8-9H,3-4,7,10-12H2,1-2H3. The molecule has 0 atom stereocenters. The summed E-state index contributed by atoms with van der Waals surface area (Å²) in [4.78, 5) is 14.0. The molecule has 18 heavy (non-hydrogen) atoms. The van der Waals surface area contributed by atoms with Crippen LogP contribution in [0.25, 0.3) is 0 Å². The van der Waals surface area contributed by atoms with Gasteiger partial charge in [0.25, 0.3) is 0 Å². The summed E-state index contributed by atoms with van der Waals surface area (Å²) in [6.45, 7) is 4.45. The van der Waals surface area contributed by atoms with E-state index >= 15 is 0 Å².